The van der Waals surface area contributed by atoms with Crippen molar-refractivity contribution in [3.8, 4) is 28.3 Å². The van der Waals surface area contributed by atoms with Crippen molar-refractivity contribution in [1.82, 2.24) is 4.98 Å². The Morgan fingerprint density at radius 2 is 1.62 bits per heavy atom. The number of thioether (sulfide) groups is 1. The summed E-state index contributed by atoms with van der Waals surface area (Å²) < 4.78 is 5.47. The SMILES string of the molecule is COc1ccccc1-c1cc(SC)c2c(n1)-c1ccccc1C2=O. The number of methoxy groups -OCH3 is 1. The second kappa shape index (κ2) is 5.80. The minimum absolute atomic E-state index is 0.0593. The first-order valence-corrected chi connectivity index (χ1v) is 8.83. The third-order valence-electron chi connectivity index (χ3n) is 4.24. The molecule has 1 heterocycles. The van der Waals surface area contributed by atoms with Gasteiger partial charge in [0.05, 0.1) is 24.1 Å². The van der Waals surface area contributed by atoms with Crippen molar-refractivity contribution in [3.63, 3.8) is 0 Å². The van der Waals surface area contributed by atoms with Gasteiger partial charge in [-0.2, -0.15) is 0 Å². The summed E-state index contributed by atoms with van der Waals surface area (Å²) in [6.45, 7) is 0. The highest BCUT2D eigenvalue weighted by atomic mass is 32.2. The average Bonchev–Trinajstić information content (AvgIpc) is 2.94. The molecule has 1 aliphatic rings. The van der Waals surface area contributed by atoms with Gasteiger partial charge < -0.3 is 4.74 Å². The van der Waals surface area contributed by atoms with Crippen LogP contribution in [0.5, 0.6) is 5.75 Å². The van der Waals surface area contributed by atoms with Crippen LogP contribution < -0.4 is 4.74 Å². The normalized spacial score (nSPS) is 12.0. The predicted molar refractivity (Wildman–Crippen MR) is 96.9 cm³/mol. The summed E-state index contributed by atoms with van der Waals surface area (Å²) in [4.78, 5) is 18.5. The molecule has 24 heavy (non-hydrogen) atoms. The van der Waals surface area contributed by atoms with E-state index in [4.69, 9.17) is 9.72 Å². The Bertz CT molecular complexity index is 966. The molecular weight excluding hydrogens is 318 g/mol. The number of para-hydroxylation sites is 1. The molecule has 0 atom stereocenters. The van der Waals surface area contributed by atoms with Gasteiger partial charge in [0.15, 0.2) is 5.78 Å². The summed E-state index contributed by atoms with van der Waals surface area (Å²) in [5.74, 6) is 0.832. The van der Waals surface area contributed by atoms with Crippen LogP contribution in [0, 0.1) is 0 Å². The number of fused-ring (bicyclic) bond motifs is 3. The van der Waals surface area contributed by atoms with E-state index in [0.29, 0.717) is 5.56 Å². The van der Waals surface area contributed by atoms with Gasteiger partial charge in [0.25, 0.3) is 0 Å². The van der Waals surface area contributed by atoms with Gasteiger partial charge in [-0.1, -0.05) is 36.4 Å². The van der Waals surface area contributed by atoms with Gasteiger partial charge >= 0.3 is 0 Å². The third kappa shape index (κ3) is 2.14. The number of nitrogens with zero attached hydrogens (tertiary/aromatic N) is 1. The Morgan fingerprint density at radius 1 is 0.958 bits per heavy atom. The van der Waals surface area contributed by atoms with E-state index < -0.39 is 0 Å². The smallest absolute Gasteiger partial charge is 0.197 e. The number of hydrogen-bond donors (Lipinski definition) is 0. The van der Waals surface area contributed by atoms with Crippen molar-refractivity contribution >= 4 is 17.5 Å². The molecule has 118 valence electrons. The maximum atomic E-state index is 12.8. The number of ketones is 1. The first-order valence-electron chi connectivity index (χ1n) is 7.61. The lowest BCUT2D eigenvalue weighted by molar-refractivity contribution is 0.104. The maximum Gasteiger partial charge on any atom is 0.197 e. The number of hydrogen-bond acceptors (Lipinski definition) is 4. The largest absolute Gasteiger partial charge is 0.496 e. The van der Waals surface area contributed by atoms with Gasteiger partial charge in [-0.05, 0) is 24.5 Å². The van der Waals surface area contributed by atoms with E-state index in [1.54, 1.807) is 18.9 Å². The Kier molecular flexibility index (Phi) is 3.62. The minimum Gasteiger partial charge on any atom is -0.496 e. The zero-order valence-corrected chi connectivity index (χ0v) is 14.2. The first-order chi connectivity index (χ1) is 11.7. The fraction of sp³-hybridized carbons (Fsp3) is 0.100. The molecule has 0 N–H and O–H groups in total. The predicted octanol–water partition coefficient (Wildman–Crippen LogP) is 4.69. The fourth-order valence-corrected chi connectivity index (χ4v) is 3.74. The second-order valence-corrected chi connectivity index (χ2v) is 6.36. The molecule has 0 saturated heterocycles. The molecule has 1 aromatic heterocycles. The first kappa shape index (κ1) is 15.0. The molecule has 0 saturated carbocycles. The maximum absolute atomic E-state index is 12.8. The van der Waals surface area contributed by atoms with Crippen LogP contribution in [0.1, 0.15) is 15.9 Å². The van der Waals surface area contributed by atoms with Crippen LogP contribution in [0.2, 0.25) is 0 Å². The molecule has 0 aliphatic heterocycles. The molecule has 4 rings (SSSR count). The second-order valence-electron chi connectivity index (χ2n) is 5.51. The summed E-state index contributed by atoms with van der Waals surface area (Å²) in [5.41, 5.74) is 4.86. The average molecular weight is 333 g/mol. The van der Waals surface area contributed by atoms with Crippen LogP contribution in [0.4, 0.5) is 0 Å². The van der Waals surface area contributed by atoms with Gasteiger partial charge in [-0.25, -0.2) is 4.98 Å². The van der Waals surface area contributed by atoms with Crippen LogP contribution in [0.3, 0.4) is 0 Å². The molecule has 0 spiro atoms. The van der Waals surface area contributed by atoms with E-state index in [-0.39, 0.29) is 5.78 Å². The van der Waals surface area contributed by atoms with Crippen molar-refractivity contribution in [2.45, 2.75) is 4.90 Å². The molecule has 3 aromatic rings. The van der Waals surface area contributed by atoms with Crippen molar-refractivity contribution in [2.75, 3.05) is 13.4 Å². The monoisotopic (exact) mass is 333 g/mol. The van der Waals surface area contributed by atoms with Crippen LogP contribution in [0.15, 0.2) is 59.5 Å². The standard InChI is InChI=1S/C20H15NO2S/c1-23-16-10-6-5-9-14(16)15-11-17(24-2)18-19(21-15)12-7-3-4-8-13(12)20(18)22/h3-11H,1-2H3. The van der Waals surface area contributed by atoms with Crippen LogP contribution in [-0.4, -0.2) is 24.1 Å². The third-order valence-corrected chi connectivity index (χ3v) is 5.00. The molecule has 4 heteroatoms. The quantitative estimate of drug-likeness (QED) is 0.510. The summed E-state index contributed by atoms with van der Waals surface area (Å²) >= 11 is 1.57. The fourth-order valence-electron chi connectivity index (χ4n) is 3.11. The summed E-state index contributed by atoms with van der Waals surface area (Å²) in [6, 6.07) is 17.4. The number of carbonyl (C=O) groups is 1. The van der Waals surface area contributed by atoms with Gasteiger partial charge in [0.1, 0.15) is 5.75 Å². The lowest BCUT2D eigenvalue weighted by Gasteiger charge is -2.11. The van der Waals surface area contributed by atoms with Gasteiger partial charge in [-0.15, -0.1) is 11.8 Å². The molecule has 2 aromatic carbocycles. The topological polar surface area (TPSA) is 39.2 Å². The van der Waals surface area contributed by atoms with Crippen molar-refractivity contribution in [1.29, 1.82) is 0 Å². The van der Waals surface area contributed by atoms with E-state index in [1.807, 2.05) is 60.9 Å². The number of aromatic nitrogens is 1. The van der Waals surface area contributed by atoms with E-state index in [9.17, 15) is 4.79 Å². The van der Waals surface area contributed by atoms with E-state index >= 15 is 0 Å². The number of benzene rings is 2. The van der Waals surface area contributed by atoms with Gasteiger partial charge in [0, 0.05) is 21.6 Å². The molecular formula is C20H15NO2S. The zero-order chi connectivity index (χ0) is 16.7. The minimum atomic E-state index is 0.0593. The van der Waals surface area contributed by atoms with Crippen LogP contribution >= 0.6 is 11.8 Å². The Balaban J connectivity index is 2.00. The molecule has 1 aliphatic carbocycles. The number of ether oxygens (including phenoxy) is 1. The van der Waals surface area contributed by atoms with Crippen molar-refractivity contribution in [2.24, 2.45) is 0 Å². The van der Waals surface area contributed by atoms with Crippen molar-refractivity contribution in [3.05, 3.63) is 65.7 Å². The Hall–Kier alpha value is -2.59. The highest BCUT2D eigenvalue weighted by Gasteiger charge is 2.31. The van der Waals surface area contributed by atoms with Crippen LogP contribution in [-0.2, 0) is 0 Å². The highest BCUT2D eigenvalue weighted by Crippen LogP contribution is 2.42. The molecule has 3 nitrogen and oxygen atoms in total. The molecule has 0 bridgehead atoms. The van der Waals surface area contributed by atoms with Crippen LogP contribution in [0.25, 0.3) is 22.5 Å². The van der Waals surface area contributed by atoms with Crippen molar-refractivity contribution < 1.29 is 9.53 Å². The molecule has 0 radical (unpaired) electrons. The number of rotatable bonds is 3. The van der Waals surface area contributed by atoms with Gasteiger partial charge in [0.2, 0.25) is 0 Å². The van der Waals surface area contributed by atoms with E-state index in [2.05, 4.69) is 0 Å². The zero-order valence-electron chi connectivity index (χ0n) is 13.4. The summed E-state index contributed by atoms with van der Waals surface area (Å²) in [7, 11) is 1.65. The lowest BCUT2D eigenvalue weighted by atomic mass is 10.1. The van der Waals surface area contributed by atoms with E-state index in [0.717, 1.165) is 38.7 Å². The van der Waals surface area contributed by atoms with Gasteiger partial charge in [-0.3, -0.25) is 4.79 Å². The lowest BCUT2D eigenvalue weighted by Crippen LogP contribution is -1.99. The highest BCUT2D eigenvalue weighted by molar-refractivity contribution is 7.98. The Morgan fingerprint density at radius 3 is 2.33 bits per heavy atom. The van der Waals surface area contributed by atoms with E-state index in [1.165, 1.54) is 0 Å². The Labute approximate surface area is 144 Å². The summed E-state index contributed by atoms with van der Waals surface area (Å²) in [6.07, 6.45) is 1.98. The molecule has 0 unspecified atom stereocenters. The number of pyridine rings is 1. The number of carbonyl (C=O) groups excluding carboxylic acids is 1. The molecule has 0 fully saturated rings. The summed E-state index contributed by atoms with van der Waals surface area (Å²) in [5, 5.41) is 0. The molecule has 0 amide bonds.